The highest BCUT2D eigenvalue weighted by Crippen LogP contribution is 2.33. The molecule has 23 heavy (non-hydrogen) atoms. The summed E-state index contributed by atoms with van der Waals surface area (Å²) in [6.07, 6.45) is 1.50. The Labute approximate surface area is 143 Å². The standard InChI is InChI=1S/C19H15ClO2S/c1-23(21)22-17-12-8-15(9-13-17)19-5-3-2-4-18(19)14-6-10-16(20)11-7-14/h2-13H,1H3. The Morgan fingerprint density at radius 1 is 0.783 bits per heavy atom. The maximum atomic E-state index is 11.1. The van der Waals surface area contributed by atoms with Gasteiger partial charge in [-0.1, -0.05) is 60.1 Å². The normalized spacial score (nSPS) is 11.9. The molecule has 0 spiro atoms. The summed E-state index contributed by atoms with van der Waals surface area (Å²) in [4.78, 5) is 0. The molecule has 0 bridgehead atoms. The SMILES string of the molecule is CS(=O)Oc1ccc(-c2ccccc2-c2ccc(Cl)cc2)cc1. The van der Waals surface area contributed by atoms with E-state index in [1.165, 1.54) is 6.26 Å². The zero-order valence-corrected chi connectivity index (χ0v) is 14.1. The molecule has 2 nitrogen and oxygen atoms in total. The third kappa shape index (κ3) is 3.81. The molecule has 3 aromatic rings. The third-order valence-electron chi connectivity index (χ3n) is 3.46. The largest absolute Gasteiger partial charge is 0.401 e. The lowest BCUT2D eigenvalue weighted by molar-refractivity contribution is 0.568. The summed E-state index contributed by atoms with van der Waals surface area (Å²) in [6, 6.07) is 23.6. The molecular weight excluding hydrogens is 328 g/mol. The van der Waals surface area contributed by atoms with Gasteiger partial charge in [0.1, 0.15) is 5.75 Å². The van der Waals surface area contributed by atoms with Gasteiger partial charge in [0.2, 0.25) is 11.1 Å². The van der Waals surface area contributed by atoms with E-state index in [1.807, 2.05) is 60.7 Å². The minimum absolute atomic E-state index is 0.596. The second-order valence-electron chi connectivity index (χ2n) is 5.06. The van der Waals surface area contributed by atoms with Crippen LogP contribution >= 0.6 is 11.6 Å². The molecule has 0 saturated heterocycles. The summed E-state index contributed by atoms with van der Waals surface area (Å²) < 4.78 is 16.3. The Morgan fingerprint density at radius 3 is 1.74 bits per heavy atom. The maximum Gasteiger partial charge on any atom is 0.203 e. The van der Waals surface area contributed by atoms with Gasteiger partial charge in [-0.05, 0) is 46.5 Å². The van der Waals surface area contributed by atoms with Crippen LogP contribution in [0, 0.1) is 0 Å². The third-order valence-corrected chi connectivity index (χ3v) is 4.14. The van der Waals surface area contributed by atoms with Gasteiger partial charge >= 0.3 is 0 Å². The summed E-state index contributed by atoms with van der Waals surface area (Å²) >= 11 is 4.66. The smallest absolute Gasteiger partial charge is 0.203 e. The lowest BCUT2D eigenvalue weighted by Gasteiger charge is -2.11. The first-order valence-electron chi connectivity index (χ1n) is 7.10. The summed E-state index contributed by atoms with van der Waals surface area (Å²) in [5, 5.41) is 0.722. The molecule has 0 amide bonds. The van der Waals surface area contributed by atoms with E-state index in [0.29, 0.717) is 5.75 Å². The second kappa shape index (κ2) is 6.99. The Morgan fingerprint density at radius 2 is 1.26 bits per heavy atom. The van der Waals surface area contributed by atoms with Crippen molar-refractivity contribution in [2.75, 3.05) is 6.26 Å². The highest BCUT2D eigenvalue weighted by Gasteiger charge is 2.07. The van der Waals surface area contributed by atoms with Crippen molar-refractivity contribution in [3.05, 3.63) is 77.8 Å². The fourth-order valence-corrected chi connectivity index (χ4v) is 2.95. The number of benzene rings is 3. The second-order valence-corrected chi connectivity index (χ2v) is 6.47. The number of hydrogen-bond acceptors (Lipinski definition) is 2. The molecule has 0 fully saturated rings. The van der Waals surface area contributed by atoms with E-state index < -0.39 is 11.1 Å². The Hall–Kier alpha value is -2.10. The molecule has 3 rings (SSSR count). The molecule has 0 aromatic heterocycles. The summed E-state index contributed by atoms with van der Waals surface area (Å²) in [5.74, 6) is 0.596. The molecule has 0 aliphatic heterocycles. The highest BCUT2D eigenvalue weighted by molar-refractivity contribution is 7.79. The summed E-state index contributed by atoms with van der Waals surface area (Å²) in [5.41, 5.74) is 4.45. The zero-order valence-electron chi connectivity index (χ0n) is 12.5. The maximum absolute atomic E-state index is 11.1. The fraction of sp³-hybridized carbons (Fsp3) is 0.0526. The summed E-state index contributed by atoms with van der Waals surface area (Å²) in [6.45, 7) is 0. The van der Waals surface area contributed by atoms with Gasteiger partial charge in [0.15, 0.2) is 0 Å². The van der Waals surface area contributed by atoms with E-state index in [4.69, 9.17) is 15.8 Å². The van der Waals surface area contributed by atoms with Gasteiger partial charge in [-0.15, -0.1) is 0 Å². The lowest BCUT2D eigenvalue weighted by atomic mass is 9.95. The molecule has 0 saturated carbocycles. The van der Waals surface area contributed by atoms with Gasteiger partial charge in [-0.2, -0.15) is 0 Å². The molecule has 4 heteroatoms. The highest BCUT2D eigenvalue weighted by atomic mass is 35.5. The molecule has 0 heterocycles. The Balaban J connectivity index is 2.00. The van der Waals surface area contributed by atoms with Gasteiger partial charge in [-0.25, -0.2) is 4.21 Å². The Kier molecular flexibility index (Phi) is 4.79. The number of rotatable bonds is 4. The number of hydrogen-bond donors (Lipinski definition) is 0. The van der Waals surface area contributed by atoms with Crippen molar-refractivity contribution in [1.29, 1.82) is 0 Å². The van der Waals surface area contributed by atoms with Crippen LogP contribution in [0.3, 0.4) is 0 Å². The molecule has 0 N–H and O–H groups in total. The van der Waals surface area contributed by atoms with Crippen LogP contribution in [-0.4, -0.2) is 10.5 Å². The first-order chi connectivity index (χ1) is 11.1. The minimum Gasteiger partial charge on any atom is -0.401 e. The summed E-state index contributed by atoms with van der Waals surface area (Å²) in [7, 11) is 0. The zero-order chi connectivity index (χ0) is 16.2. The topological polar surface area (TPSA) is 26.3 Å². The van der Waals surface area contributed by atoms with Crippen molar-refractivity contribution < 1.29 is 8.39 Å². The van der Waals surface area contributed by atoms with Crippen LogP contribution in [0.4, 0.5) is 0 Å². The average molecular weight is 343 g/mol. The lowest BCUT2D eigenvalue weighted by Crippen LogP contribution is -1.96. The van der Waals surface area contributed by atoms with Gasteiger partial charge in [-0.3, -0.25) is 0 Å². The first kappa shape index (κ1) is 15.8. The van der Waals surface area contributed by atoms with Crippen molar-refractivity contribution in [2.24, 2.45) is 0 Å². The quantitative estimate of drug-likeness (QED) is 0.639. The van der Waals surface area contributed by atoms with E-state index in [-0.39, 0.29) is 0 Å². The molecule has 1 atom stereocenters. The van der Waals surface area contributed by atoms with Crippen LogP contribution in [0.25, 0.3) is 22.3 Å². The van der Waals surface area contributed by atoms with Crippen molar-refractivity contribution in [1.82, 2.24) is 0 Å². The molecule has 0 aliphatic rings. The van der Waals surface area contributed by atoms with E-state index in [9.17, 15) is 4.21 Å². The van der Waals surface area contributed by atoms with Crippen LogP contribution < -0.4 is 4.18 Å². The van der Waals surface area contributed by atoms with Crippen LogP contribution in [0.15, 0.2) is 72.8 Å². The van der Waals surface area contributed by atoms with Gasteiger partial charge in [0.05, 0.1) is 0 Å². The molecular formula is C19H15ClO2S. The average Bonchev–Trinajstić information content (AvgIpc) is 2.56. The molecule has 0 aliphatic carbocycles. The van der Waals surface area contributed by atoms with Crippen molar-refractivity contribution in [3.8, 4) is 28.0 Å². The monoisotopic (exact) mass is 342 g/mol. The van der Waals surface area contributed by atoms with Crippen molar-refractivity contribution in [2.45, 2.75) is 0 Å². The van der Waals surface area contributed by atoms with Crippen LogP contribution in [-0.2, 0) is 11.1 Å². The van der Waals surface area contributed by atoms with E-state index >= 15 is 0 Å². The van der Waals surface area contributed by atoms with Crippen LogP contribution in [0.2, 0.25) is 5.02 Å². The molecule has 1 unspecified atom stereocenters. The van der Waals surface area contributed by atoms with Gasteiger partial charge in [0.25, 0.3) is 0 Å². The Bertz CT molecular complexity index is 827. The molecule has 116 valence electrons. The predicted octanol–water partition coefficient (Wildman–Crippen LogP) is 5.35. The van der Waals surface area contributed by atoms with Crippen LogP contribution in [0.1, 0.15) is 0 Å². The fourth-order valence-electron chi connectivity index (χ4n) is 2.44. The number of halogens is 1. The van der Waals surface area contributed by atoms with Crippen LogP contribution in [0.5, 0.6) is 5.75 Å². The first-order valence-corrected chi connectivity index (χ1v) is 8.97. The molecule has 3 aromatic carbocycles. The van der Waals surface area contributed by atoms with E-state index in [2.05, 4.69) is 12.1 Å². The minimum atomic E-state index is -1.32. The predicted molar refractivity (Wildman–Crippen MR) is 97.0 cm³/mol. The van der Waals surface area contributed by atoms with Gasteiger partial charge in [0, 0.05) is 11.3 Å². The van der Waals surface area contributed by atoms with E-state index in [1.54, 1.807) is 0 Å². The van der Waals surface area contributed by atoms with E-state index in [0.717, 1.165) is 27.3 Å². The van der Waals surface area contributed by atoms with Gasteiger partial charge < -0.3 is 4.18 Å². The van der Waals surface area contributed by atoms with Crippen molar-refractivity contribution in [3.63, 3.8) is 0 Å². The van der Waals surface area contributed by atoms with Crippen molar-refractivity contribution >= 4 is 22.7 Å². The molecule has 0 radical (unpaired) electrons.